The SMILES string of the molecule is CCCN(C(=O)c1ccc2c(c1)NC(=O)CN2C)C1CCN(C(=O)c2ccccc2)CC1. The average Bonchev–Trinajstić information content (AvgIpc) is 2.82. The van der Waals surface area contributed by atoms with Gasteiger partial charge >= 0.3 is 0 Å². The van der Waals surface area contributed by atoms with Gasteiger partial charge in [-0.25, -0.2) is 0 Å². The molecule has 0 aromatic heterocycles. The smallest absolute Gasteiger partial charge is 0.254 e. The number of amides is 3. The van der Waals surface area contributed by atoms with Gasteiger partial charge in [-0.05, 0) is 49.6 Å². The maximum Gasteiger partial charge on any atom is 0.254 e. The number of carbonyl (C=O) groups is 3. The van der Waals surface area contributed by atoms with Gasteiger partial charge in [0.25, 0.3) is 11.8 Å². The molecule has 4 rings (SSSR count). The third-order valence-corrected chi connectivity index (χ3v) is 6.25. The molecule has 32 heavy (non-hydrogen) atoms. The van der Waals surface area contributed by atoms with E-state index in [1.54, 1.807) is 6.07 Å². The second kappa shape index (κ2) is 9.42. The second-order valence-electron chi connectivity index (χ2n) is 8.52. The molecule has 1 fully saturated rings. The van der Waals surface area contributed by atoms with Crippen LogP contribution in [0.3, 0.4) is 0 Å². The monoisotopic (exact) mass is 434 g/mol. The normalized spacial score (nSPS) is 16.4. The Labute approximate surface area is 189 Å². The van der Waals surface area contributed by atoms with Crippen LogP contribution in [0.5, 0.6) is 0 Å². The Kier molecular flexibility index (Phi) is 6.44. The quantitative estimate of drug-likeness (QED) is 0.784. The lowest BCUT2D eigenvalue weighted by Crippen LogP contribution is -2.49. The number of likely N-dealkylation sites (tertiary alicyclic amines) is 1. The Hall–Kier alpha value is -3.35. The van der Waals surface area contributed by atoms with Crippen molar-refractivity contribution in [2.24, 2.45) is 0 Å². The van der Waals surface area contributed by atoms with Crippen molar-refractivity contribution in [3.8, 4) is 0 Å². The number of likely N-dealkylation sites (N-methyl/N-ethyl adjacent to an activating group) is 1. The third-order valence-electron chi connectivity index (χ3n) is 6.25. The molecule has 3 amide bonds. The van der Waals surface area contributed by atoms with E-state index >= 15 is 0 Å². The predicted molar refractivity (Wildman–Crippen MR) is 125 cm³/mol. The maximum atomic E-state index is 13.4. The highest BCUT2D eigenvalue weighted by molar-refractivity contribution is 6.04. The molecule has 0 radical (unpaired) electrons. The van der Waals surface area contributed by atoms with Gasteiger partial charge in [-0.2, -0.15) is 0 Å². The van der Waals surface area contributed by atoms with E-state index in [2.05, 4.69) is 12.2 Å². The summed E-state index contributed by atoms with van der Waals surface area (Å²) in [6.07, 6.45) is 2.38. The van der Waals surface area contributed by atoms with E-state index in [-0.39, 0.29) is 23.8 Å². The average molecular weight is 435 g/mol. The van der Waals surface area contributed by atoms with Gasteiger partial charge in [0.1, 0.15) is 0 Å². The number of anilines is 2. The molecule has 0 saturated carbocycles. The predicted octanol–water partition coefficient (Wildman–Crippen LogP) is 3.23. The first kappa shape index (κ1) is 21.9. The molecular weight excluding hydrogens is 404 g/mol. The number of hydrogen-bond acceptors (Lipinski definition) is 4. The van der Waals surface area contributed by atoms with E-state index in [4.69, 9.17) is 0 Å². The Balaban J connectivity index is 1.46. The minimum atomic E-state index is -0.0783. The summed E-state index contributed by atoms with van der Waals surface area (Å²) >= 11 is 0. The lowest BCUT2D eigenvalue weighted by molar-refractivity contribution is -0.115. The largest absolute Gasteiger partial charge is 0.364 e. The van der Waals surface area contributed by atoms with E-state index in [1.165, 1.54) is 0 Å². The Morgan fingerprint density at radius 3 is 2.47 bits per heavy atom. The van der Waals surface area contributed by atoms with Crippen molar-refractivity contribution >= 4 is 29.1 Å². The lowest BCUT2D eigenvalue weighted by atomic mass is 10.00. The molecule has 1 saturated heterocycles. The summed E-state index contributed by atoms with van der Waals surface area (Å²) in [4.78, 5) is 43.8. The Bertz CT molecular complexity index is 1000. The molecule has 0 aliphatic carbocycles. The molecule has 7 nitrogen and oxygen atoms in total. The molecule has 0 unspecified atom stereocenters. The highest BCUT2D eigenvalue weighted by atomic mass is 16.2. The third kappa shape index (κ3) is 4.47. The van der Waals surface area contributed by atoms with Crippen LogP contribution in [0.4, 0.5) is 11.4 Å². The standard InChI is InChI=1S/C25H30N4O3/c1-3-13-29(20-11-14-28(15-12-20)24(31)18-7-5-4-6-8-18)25(32)19-9-10-22-21(16-19)26-23(30)17-27(22)2/h4-10,16,20H,3,11-15,17H2,1-2H3,(H,26,30). The van der Waals surface area contributed by atoms with Crippen LogP contribution in [-0.4, -0.2) is 66.8 Å². The van der Waals surface area contributed by atoms with Crippen molar-refractivity contribution in [1.29, 1.82) is 0 Å². The van der Waals surface area contributed by atoms with Crippen molar-refractivity contribution in [1.82, 2.24) is 9.80 Å². The van der Waals surface area contributed by atoms with Crippen molar-refractivity contribution in [2.45, 2.75) is 32.2 Å². The summed E-state index contributed by atoms with van der Waals surface area (Å²) in [6.45, 7) is 4.31. The van der Waals surface area contributed by atoms with Crippen molar-refractivity contribution in [2.75, 3.05) is 43.4 Å². The molecule has 7 heteroatoms. The molecule has 2 aromatic rings. The zero-order valence-electron chi connectivity index (χ0n) is 18.7. The minimum absolute atomic E-state index is 0.0232. The number of fused-ring (bicyclic) bond motifs is 1. The van der Waals surface area contributed by atoms with Crippen LogP contribution >= 0.6 is 0 Å². The topological polar surface area (TPSA) is 73.0 Å². The van der Waals surface area contributed by atoms with Gasteiger partial charge in [-0.3, -0.25) is 14.4 Å². The fourth-order valence-corrected chi connectivity index (χ4v) is 4.59. The van der Waals surface area contributed by atoms with Crippen LogP contribution in [0.15, 0.2) is 48.5 Å². The lowest BCUT2D eigenvalue weighted by Gasteiger charge is -2.39. The number of carbonyl (C=O) groups excluding carboxylic acids is 3. The van der Waals surface area contributed by atoms with Gasteiger partial charge in [0, 0.05) is 43.9 Å². The van der Waals surface area contributed by atoms with Crippen LogP contribution < -0.4 is 10.2 Å². The number of piperidine rings is 1. The summed E-state index contributed by atoms with van der Waals surface area (Å²) in [5, 5.41) is 2.87. The van der Waals surface area contributed by atoms with Crippen molar-refractivity contribution in [3.05, 3.63) is 59.7 Å². The zero-order chi connectivity index (χ0) is 22.7. The van der Waals surface area contributed by atoms with E-state index in [9.17, 15) is 14.4 Å². The van der Waals surface area contributed by atoms with Crippen LogP contribution in [0.2, 0.25) is 0 Å². The summed E-state index contributed by atoms with van der Waals surface area (Å²) in [7, 11) is 1.87. The van der Waals surface area contributed by atoms with E-state index < -0.39 is 0 Å². The minimum Gasteiger partial charge on any atom is -0.364 e. The fourth-order valence-electron chi connectivity index (χ4n) is 4.59. The number of hydrogen-bond donors (Lipinski definition) is 1. The second-order valence-corrected chi connectivity index (χ2v) is 8.52. The first-order chi connectivity index (χ1) is 15.5. The summed E-state index contributed by atoms with van der Waals surface area (Å²) < 4.78 is 0. The maximum absolute atomic E-state index is 13.4. The summed E-state index contributed by atoms with van der Waals surface area (Å²) in [5.41, 5.74) is 2.87. The van der Waals surface area contributed by atoms with Crippen molar-refractivity contribution < 1.29 is 14.4 Å². The highest BCUT2D eigenvalue weighted by Gasteiger charge is 2.31. The molecule has 2 aromatic carbocycles. The van der Waals surface area contributed by atoms with Crippen LogP contribution in [0, 0.1) is 0 Å². The molecule has 0 bridgehead atoms. The first-order valence-corrected chi connectivity index (χ1v) is 11.3. The Morgan fingerprint density at radius 2 is 1.78 bits per heavy atom. The molecule has 1 N–H and O–H groups in total. The highest BCUT2D eigenvalue weighted by Crippen LogP contribution is 2.30. The van der Waals surface area contributed by atoms with Crippen molar-refractivity contribution in [3.63, 3.8) is 0 Å². The number of nitrogens with one attached hydrogen (secondary N) is 1. The fraction of sp³-hybridized carbons (Fsp3) is 0.400. The van der Waals surface area contributed by atoms with Crippen LogP contribution in [0.25, 0.3) is 0 Å². The van der Waals surface area contributed by atoms with Gasteiger partial charge in [0.05, 0.1) is 17.9 Å². The molecule has 0 atom stereocenters. The molecular formula is C25H30N4O3. The van der Waals surface area contributed by atoms with Gasteiger partial charge in [0.15, 0.2) is 0 Å². The summed E-state index contributed by atoms with van der Waals surface area (Å²) in [6, 6.07) is 14.9. The number of rotatable bonds is 5. The van der Waals surface area contributed by atoms with Crippen LogP contribution in [0.1, 0.15) is 46.9 Å². The Morgan fingerprint density at radius 1 is 1.06 bits per heavy atom. The summed E-state index contributed by atoms with van der Waals surface area (Å²) in [5.74, 6) is -0.0533. The first-order valence-electron chi connectivity index (χ1n) is 11.3. The number of nitrogens with zero attached hydrogens (tertiary/aromatic N) is 3. The molecule has 0 spiro atoms. The molecule has 168 valence electrons. The zero-order valence-corrected chi connectivity index (χ0v) is 18.7. The van der Waals surface area contributed by atoms with E-state index in [0.717, 1.165) is 24.9 Å². The molecule has 2 heterocycles. The van der Waals surface area contributed by atoms with Gasteiger partial charge < -0.3 is 20.0 Å². The van der Waals surface area contributed by atoms with E-state index in [0.29, 0.717) is 43.0 Å². The van der Waals surface area contributed by atoms with Gasteiger partial charge in [0.2, 0.25) is 5.91 Å². The van der Waals surface area contributed by atoms with E-state index in [1.807, 2.05) is 64.2 Å². The number of benzene rings is 2. The van der Waals surface area contributed by atoms with Gasteiger partial charge in [-0.15, -0.1) is 0 Å². The molecule has 2 aliphatic rings. The van der Waals surface area contributed by atoms with Crippen LogP contribution in [-0.2, 0) is 4.79 Å². The molecule has 2 aliphatic heterocycles. The van der Waals surface area contributed by atoms with Gasteiger partial charge in [-0.1, -0.05) is 25.1 Å².